The summed E-state index contributed by atoms with van der Waals surface area (Å²) in [6, 6.07) is 6.63. The van der Waals surface area contributed by atoms with E-state index in [0.29, 0.717) is 39.0 Å². The topological polar surface area (TPSA) is 121 Å². The number of unbranched alkanes of at least 4 members (excludes halogenated alkanes) is 1. The number of aromatic nitrogens is 3. The first kappa shape index (κ1) is 25.7. The van der Waals surface area contributed by atoms with Crippen LogP contribution in [0.15, 0.2) is 48.6 Å². The molecule has 1 aromatic carbocycles. The summed E-state index contributed by atoms with van der Waals surface area (Å²) in [4.78, 5) is 47.3. The molecule has 1 N–H and O–H groups in total. The number of nitrogens with zero attached hydrogens (tertiary/aromatic N) is 6. The normalized spacial score (nSPS) is 30.1. The van der Waals surface area contributed by atoms with Crippen LogP contribution in [-0.2, 0) is 25.8 Å². The van der Waals surface area contributed by atoms with Gasteiger partial charge in [0.05, 0.1) is 23.5 Å². The van der Waals surface area contributed by atoms with Crippen LogP contribution in [0.4, 0.5) is 0 Å². The van der Waals surface area contributed by atoms with Crippen molar-refractivity contribution in [1.29, 1.82) is 0 Å². The van der Waals surface area contributed by atoms with E-state index in [-0.39, 0.29) is 31.0 Å². The summed E-state index contributed by atoms with van der Waals surface area (Å²) in [5.74, 6) is -2.09. The molecule has 5 heterocycles. The Labute approximate surface area is 226 Å². The van der Waals surface area contributed by atoms with Crippen molar-refractivity contribution < 1.29 is 24.2 Å². The third-order valence-electron chi connectivity index (χ3n) is 8.35. The summed E-state index contributed by atoms with van der Waals surface area (Å²) in [5, 5.41) is 17.8. The summed E-state index contributed by atoms with van der Waals surface area (Å²) in [5.41, 5.74) is 0.284. The van der Waals surface area contributed by atoms with Gasteiger partial charge >= 0.3 is 0 Å². The standard InChI is InChI=1S/C28H34N6O5/c1-2-13-31-14-7-11-21-22(25(31)36)23-26(37)33(16-5-6-17-35)24-27(38)32(15-8-12-28(23,24)39-21)18-34-20-10-4-3-9-19(20)29-30-34/h3-4,7-12,21-24,35H,2,5-6,13-18H2,1H3/t21-,22+,23-,24?,28-/m0/s1. The molecule has 11 heteroatoms. The second-order valence-corrected chi connectivity index (χ2v) is 10.7. The van der Waals surface area contributed by atoms with Gasteiger partial charge in [-0.15, -0.1) is 5.10 Å². The number of hydrogen-bond acceptors (Lipinski definition) is 7. The molecule has 0 radical (unpaired) electrons. The lowest BCUT2D eigenvalue weighted by atomic mass is 9.77. The van der Waals surface area contributed by atoms with Crippen LogP contribution < -0.4 is 0 Å². The molecule has 5 atom stereocenters. The average Bonchev–Trinajstić information content (AvgIpc) is 3.49. The van der Waals surface area contributed by atoms with Crippen molar-refractivity contribution in [2.24, 2.45) is 11.8 Å². The van der Waals surface area contributed by atoms with Crippen molar-refractivity contribution in [3.05, 3.63) is 48.6 Å². The van der Waals surface area contributed by atoms with E-state index >= 15 is 0 Å². The number of benzene rings is 1. The molecule has 39 heavy (non-hydrogen) atoms. The summed E-state index contributed by atoms with van der Waals surface area (Å²) in [6.07, 6.45) is 8.80. The minimum absolute atomic E-state index is 0.00290. The highest BCUT2D eigenvalue weighted by Crippen LogP contribution is 2.53. The van der Waals surface area contributed by atoms with Crippen LogP contribution in [0.5, 0.6) is 0 Å². The van der Waals surface area contributed by atoms with E-state index in [0.717, 1.165) is 17.5 Å². The molecule has 4 aliphatic rings. The lowest BCUT2D eigenvalue weighted by Gasteiger charge is -2.35. The number of rotatable bonds is 8. The third-order valence-corrected chi connectivity index (χ3v) is 8.35. The lowest BCUT2D eigenvalue weighted by Crippen LogP contribution is -2.55. The van der Waals surface area contributed by atoms with Gasteiger partial charge in [-0.05, 0) is 31.4 Å². The second-order valence-electron chi connectivity index (χ2n) is 10.7. The Bertz CT molecular complexity index is 1340. The maximum absolute atomic E-state index is 14.3. The molecule has 0 bridgehead atoms. The number of carbonyl (C=O) groups excluding carboxylic acids is 3. The summed E-state index contributed by atoms with van der Waals surface area (Å²) in [6.45, 7) is 3.86. The van der Waals surface area contributed by atoms with Gasteiger partial charge in [0.1, 0.15) is 23.8 Å². The zero-order valence-electron chi connectivity index (χ0n) is 22.1. The Kier molecular flexibility index (Phi) is 6.72. The molecule has 0 aliphatic carbocycles. The molecule has 2 aromatic rings. The molecule has 2 fully saturated rings. The van der Waals surface area contributed by atoms with Crippen LogP contribution in [0.2, 0.25) is 0 Å². The molecule has 1 unspecified atom stereocenters. The SMILES string of the molecule is CCCN1CC=C[C@@H]2O[C@]34C=CCN(Cn5nnc6ccccc65)C(=O)C3N(CCCCO)C(=O)[C@@H]4[C@@H]2C1=O. The average molecular weight is 535 g/mol. The number of aliphatic hydroxyl groups excluding tert-OH is 1. The maximum Gasteiger partial charge on any atom is 0.250 e. The minimum Gasteiger partial charge on any atom is -0.396 e. The molecule has 1 aromatic heterocycles. The lowest BCUT2D eigenvalue weighted by molar-refractivity contribution is -0.149. The molecule has 11 nitrogen and oxygen atoms in total. The summed E-state index contributed by atoms with van der Waals surface area (Å²) in [7, 11) is 0. The molecule has 0 saturated carbocycles. The minimum atomic E-state index is -1.25. The zero-order valence-corrected chi connectivity index (χ0v) is 22.1. The Morgan fingerprint density at radius 3 is 2.67 bits per heavy atom. The fourth-order valence-electron chi connectivity index (χ4n) is 6.65. The Balaban J connectivity index is 1.38. The first-order valence-electron chi connectivity index (χ1n) is 13.8. The van der Waals surface area contributed by atoms with Crippen LogP contribution >= 0.6 is 0 Å². The first-order valence-corrected chi connectivity index (χ1v) is 13.8. The number of carbonyl (C=O) groups is 3. The van der Waals surface area contributed by atoms with Gasteiger partial charge in [0, 0.05) is 32.8 Å². The highest BCUT2D eigenvalue weighted by atomic mass is 16.5. The summed E-state index contributed by atoms with van der Waals surface area (Å²) >= 11 is 0. The molecule has 4 aliphatic heterocycles. The van der Waals surface area contributed by atoms with E-state index < -0.39 is 29.6 Å². The van der Waals surface area contributed by atoms with Crippen molar-refractivity contribution in [2.45, 2.75) is 50.6 Å². The number of fused-ring (bicyclic) bond motifs is 3. The molecule has 6 rings (SSSR count). The van der Waals surface area contributed by atoms with Crippen LogP contribution in [-0.4, -0.2) is 103 Å². The number of likely N-dealkylation sites (tertiary alicyclic amines) is 1. The largest absolute Gasteiger partial charge is 0.396 e. The van der Waals surface area contributed by atoms with E-state index in [1.165, 1.54) is 0 Å². The highest BCUT2D eigenvalue weighted by Gasteiger charge is 2.71. The van der Waals surface area contributed by atoms with Gasteiger partial charge in [0.2, 0.25) is 11.8 Å². The van der Waals surface area contributed by atoms with Crippen LogP contribution in [0.25, 0.3) is 11.0 Å². The predicted octanol–water partition coefficient (Wildman–Crippen LogP) is 0.949. The zero-order chi connectivity index (χ0) is 27.1. The van der Waals surface area contributed by atoms with E-state index in [4.69, 9.17) is 4.74 Å². The van der Waals surface area contributed by atoms with Gasteiger partial charge in [-0.3, -0.25) is 14.4 Å². The second kappa shape index (κ2) is 10.2. The third kappa shape index (κ3) is 4.06. The van der Waals surface area contributed by atoms with E-state index in [1.807, 2.05) is 55.5 Å². The van der Waals surface area contributed by atoms with Crippen LogP contribution in [0.3, 0.4) is 0 Å². The van der Waals surface area contributed by atoms with Gasteiger partial charge in [0.25, 0.3) is 5.91 Å². The number of aliphatic hydroxyl groups is 1. The Morgan fingerprint density at radius 1 is 1.03 bits per heavy atom. The van der Waals surface area contributed by atoms with Gasteiger partial charge in [-0.1, -0.05) is 48.6 Å². The van der Waals surface area contributed by atoms with Crippen molar-refractivity contribution in [3.8, 4) is 0 Å². The maximum atomic E-state index is 14.3. The number of para-hydroxylation sites is 1. The van der Waals surface area contributed by atoms with Crippen LogP contribution in [0, 0.1) is 11.8 Å². The van der Waals surface area contributed by atoms with E-state index in [2.05, 4.69) is 10.3 Å². The van der Waals surface area contributed by atoms with Gasteiger partial charge in [-0.2, -0.15) is 0 Å². The highest BCUT2D eigenvalue weighted by molar-refractivity contribution is 5.99. The fourth-order valence-corrected chi connectivity index (χ4v) is 6.65. The summed E-state index contributed by atoms with van der Waals surface area (Å²) < 4.78 is 8.33. The molecule has 2 saturated heterocycles. The van der Waals surface area contributed by atoms with Crippen molar-refractivity contribution in [3.63, 3.8) is 0 Å². The van der Waals surface area contributed by atoms with Crippen LogP contribution in [0.1, 0.15) is 26.2 Å². The molecular weight excluding hydrogens is 500 g/mol. The van der Waals surface area contributed by atoms with E-state index in [9.17, 15) is 19.5 Å². The first-order chi connectivity index (χ1) is 19.0. The number of hydrogen-bond donors (Lipinski definition) is 1. The molecular formula is C28H34N6O5. The number of amides is 3. The number of ether oxygens (including phenoxy) is 1. The van der Waals surface area contributed by atoms with E-state index in [1.54, 1.807) is 19.4 Å². The van der Waals surface area contributed by atoms with Gasteiger partial charge < -0.3 is 24.5 Å². The quantitative estimate of drug-likeness (QED) is 0.395. The Morgan fingerprint density at radius 2 is 1.85 bits per heavy atom. The monoisotopic (exact) mass is 534 g/mol. The fraction of sp³-hybridized carbons (Fsp3) is 0.536. The predicted molar refractivity (Wildman–Crippen MR) is 141 cm³/mol. The van der Waals surface area contributed by atoms with Crippen molar-refractivity contribution in [2.75, 3.05) is 32.8 Å². The Hall–Kier alpha value is -3.57. The van der Waals surface area contributed by atoms with Gasteiger partial charge in [0.15, 0.2) is 0 Å². The van der Waals surface area contributed by atoms with Gasteiger partial charge in [-0.25, -0.2) is 4.68 Å². The smallest absolute Gasteiger partial charge is 0.250 e. The molecule has 206 valence electrons. The van der Waals surface area contributed by atoms with Crippen molar-refractivity contribution in [1.82, 2.24) is 29.7 Å². The molecule has 3 amide bonds. The van der Waals surface area contributed by atoms with Crippen molar-refractivity contribution >= 4 is 28.8 Å². The molecule has 1 spiro atoms.